The normalized spacial score (nSPS) is 12.0. The number of amides is 2. The van der Waals surface area contributed by atoms with Crippen molar-refractivity contribution in [3.63, 3.8) is 0 Å². The van der Waals surface area contributed by atoms with E-state index in [4.69, 9.17) is 23.2 Å². The molecule has 2 aromatic rings. The molecule has 0 aliphatic heterocycles. The monoisotopic (exact) mass is 462 g/mol. The van der Waals surface area contributed by atoms with Crippen LogP contribution in [0.1, 0.15) is 49.4 Å². The fourth-order valence-electron chi connectivity index (χ4n) is 3.43. The first-order valence-corrected chi connectivity index (χ1v) is 11.4. The summed E-state index contributed by atoms with van der Waals surface area (Å²) in [6.07, 6.45) is 0.736. The van der Waals surface area contributed by atoms with Crippen molar-refractivity contribution in [1.29, 1.82) is 0 Å². The van der Waals surface area contributed by atoms with Gasteiger partial charge < -0.3 is 10.2 Å². The Balaban J connectivity index is 2.36. The van der Waals surface area contributed by atoms with E-state index in [1.807, 2.05) is 58.9 Å². The minimum atomic E-state index is -0.580. The Hall–Kier alpha value is -2.04. The van der Waals surface area contributed by atoms with E-state index < -0.39 is 6.04 Å². The molecule has 6 heteroatoms. The standard InChI is InChI=1S/C25H32Cl2N2O2/c1-6-23(25(31)28-14-16(2)3)29(15-19-9-10-21(26)13-22(19)27)24(30)12-20-11-17(4)7-8-18(20)5/h7-11,13,16,23H,6,12,14-15H2,1-5H3,(H,28,31). The number of benzene rings is 2. The zero-order valence-electron chi connectivity index (χ0n) is 19.0. The predicted octanol–water partition coefficient (Wildman–Crippen LogP) is 5.73. The quantitative estimate of drug-likeness (QED) is 0.516. The van der Waals surface area contributed by atoms with Crippen LogP contribution in [0.15, 0.2) is 36.4 Å². The van der Waals surface area contributed by atoms with Gasteiger partial charge in [-0.2, -0.15) is 0 Å². The highest BCUT2D eigenvalue weighted by molar-refractivity contribution is 6.35. The van der Waals surface area contributed by atoms with Gasteiger partial charge in [0.2, 0.25) is 11.8 Å². The summed E-state index contributed by atoms with van der Waals surface area (Å²) in [6.45, 7) is 10.8. The summed E-state index contributed by atoms with van der Waals surface area (Å²) in [5, 5.41) is 3.99. The number of nitrogens with one attached hydrogen (secondary N) is 1. The number of carbonyl (C=O) groups is 2. The van der Waals surface area contributed by atoms with E-state index in [9.17, 15) is 9.59 Å². The second-order valence-electron chi connectivity index (χ2n) is 8.43. The first-order valence-electron chi connectivity index (χ1n) is 10.7. The summed E-state index contributed by atoms with van der Waals surface area (Å²) in [7, 11) is 0. The maximum atomic E-state index is 13.5. The number of rotatable bonds is 9. The molecule has 31 heavy (non-hydrogen) atoms. The lowest BCUT2D eigenvalue weighted by Crippen LogP contribution is -2.50. The summed E-state index contributed by atoms with van der Waals surface area (Å²) in [5.74, 6) is 0.0770. The molecule has 0 spiro atoms. The minimum Gasteiger partial charge on any atom is -0.354 e. The van der Waals surface area contributed by atoms with Crippen LogP contribution in [0.4, 0.5) is 0 Å². The van der Waals surface area contributed by atoms with Crippen molar-refractivity contribution in [2.45, 2.75) is 60.0 Å². The Kier molecular flexibility index (Phi) is 9.39. The molecule has 2 amide bonds. The van der Waals surface area contributed by atoms with Gasteiger partial charge in [0.1, 0.15) is 6.04 Å². The first-order chi connectivity index (χ1) is 14.6. The Bertz CT molecular complexity index is 928. The van der Waals surface area contributed by atoms with Gasteiger partial charge in [0.05, 0.1) is 6.42 Å². The van der Waals surface area contributed by atoms with Crippen LogP contribution in [0.3, 0.4) is 0 Å². The highest BCUT2D eigenvalue weighted by Gasteiger charge is 2.29. The van der Waals surface area contributed by atoms with Crippen molar-refractivity contribution in [1.82, 2.24) is 10.2 Å². The van der Waals surface area contributed by atoms with E-state index in [0.717, 1.165) is 22.3 Å². The second kappa shape index (κ2) is 11.5. The second-order valence-corrected chi connectivity index (χ2v) is 9.27. The maximum absolute atomic E-state index is 13.5. The van der Waals surface area contributed by atoms with Gasteiger partial charge in [-0.25, -0.2) is 0 Å². The third-order valence-corrected chi connectivity index (χ3v) is 5.86. The molecule has 2 rings (SSSR count). The highest BCUT2D eigenvalue weighted by atomic mass is 35.5. The lowest BCUT2D eigenvalue weighted by Gasteiger charge is -2.31. The Morgan fingerprint density at radius 1 is 1.03 bits per heavy atom. The van der Waals surface area contributed by atoms with Gasteiger partial charge in [0.25, 0.3) is 0 Å². The largest absolute Gasteiger partial charge is 0.354 e. The van der Waals surface area contributed by atoms with Gasteiger partial charge in [-0.3, -0.25) is 9.59 Å². The first kappa shape index (κ1) is 25.2. The fourth-order valence-corrected chi connectivity index (χ4v) is 3.90. The van der Waals surface area contributed by atoms with Crippen LogP contribution in [0, 0.1) is 19.8 Å². The van der Waals surface area contributed by atoms with Gasteiger partial charge in [-0.1, -0.05) is 73.8 Å². The number of carbonyl (C=O) groups excluding carboxylic acids is 2. The zero-order valence-corrected chi connectivity index (χ0v) is 20.5. The molecule has 1 N–H and O–H groups in total. The maximum Gasteiger partial charge on any atom is 0.242 e. The van der Waals surface area contributed by atoms with Crippen LogP contribution in [0.5, 0.6) is 0 Å². The summed E-state index contributed by atoms with van der Waals surface area (Å²) >= 11 is 12.4. The number of aryl methyl sites for hydroxylation is 2. The number of hydrogen-bond acceptors (Lipinski definition) is 2. The smallest absolute Gasteiger partial charge is 0.242 e. The topological polar surface area (TPSA) is 49.4 Å². The van der Waals surface area contributed by atoms with Crippen molar-refractivity contribution >= 4 is 35.0 Å². The van der Waals surface area contributed by atoms with Crippen LogP contribution in [-0.4, -0.2) is 29.3 Å². The number of nitrogens with zero attached hydrogens (tertiary/aromatic N) is 1. The molecule has 0 radical (unpaired) electrons. The highest BCUT2D eigenvalue weighted by Crippen LogP contribution is 2.24. The molecule has 168 valence electrons. The average Bonchev–Trinajstić information content (AvgIpc) is 2.70. The van der Waals surface area contributed by atoms with Crippen LogP contribution < -0.4 is 5.32 Å². The van der Waals surface area contributed by atoms with Crippen LogP contribution in [-0.2, 0) is 22.6 Å². The molecule has 0 saturated heterocycles. The molecule has 0 aromatic heterocycles. The molecule has 0 aliphatic carbocycles. The SMILES string of the molecule is CCC(C(=O)NCC(C)C)N(Cc1ccc(Cl)cc1Cl)C(=O)Cc1cc(C)ccc1C. The van der Waals surface area contributed by atoms with Gasteiger partial charge in [-0.05, 0) is 55.0 Å². The van der Waals surface area contributed by atoms with Crippen molar-refractivity contribution in [3.05, 3.63) is 68.7 Å². The molecular formula is C25H32Cl2N2O2. The summed E-state index contributed by atoms with van der Waals surface area (Å²) in [6, 6.07) is 10.7. The molecule has 0 saturated carbocycles. The van der Waals surface area contributed by atoms with E-state index in [1.165, 1.54) is 0 Å². The van der Waals surface area contributed by atoms with Crippen LogP contribution in [0.2, 0.25) is 10.0 Å². The number of hydrogen-bond donors (Lipinski definition) is 1. The predicted molar refractivity (Wildman–Crippen MR) is 129 cm³/mol. The van der Waals surface area contributed by atoms with Crippen molar-refractivity contribution in [2.24, 2.45) is 5.92 Å². The van der Waals surface area contributed by atoms with E-state index in [1.54, 1.807) is 17.0 Å². The van der Waals surface area contributed by atoms with Crippen molar-refractivity contribution < 1.29 is 9.59 Å². The van der Waals surface area contributed by atoms with Gasteiger partial charge in [0, 0.05) is 23.1 Å². The molecular weight excluding hydrogens is 431 g/mol. The van der Waals surface area contributed by atoms with Crippen molar-refractivity contribution in [2.75, 3.05) is 6.54 Å². The van der Waals surface area contributed by atoms with E-state index >= 15 is 0 Å². The van der Waals surface area contributed by atoms with Gasteiger partial charge >= 0.3 is 0 Å². The fraction of sp³-hybridized carbons (Fsp3) is 0.440. The molecule has 1 unspecified atom stereocenters. The molecule has 2 aromatic carbocycles. The average molecular weight is 463 g/mol. The van der Waals surface area contributed by atoms with Crippen LogP contribution in [0.25, 0.3) is 0 Å². The molecule has 0 bridgehead atoms. The lowest BCUT2D eigenvalue weighted by atomic mass is 10.0. The summed E-state index contributed by atoms with van der Waals surface area (Å²) in [5.41, 5.74) is 3.88. The molecule has 0 fully saturated rings. The lowest BCUT2D eigenvalue weighted by molar-refractivity contribution is -0.141. The van der Waals surface area contributed by atoms with Crippen LogP contribution >= 0.6 is 23.2 Å². The summed E-state index contributed by atoms with van der Waals surface area (Å²) in [4.78, 5) is 28.1. The summed E-state index contributed by atoms with van der Waals surface area (Å²) < 4.78 is 0. The zero-order chi connectivity index (χ0) is 23.1. The third-order valence-electron chi connectivity index (χ3n) is 5.27. The number of halogens is 2. The minimum absolute atomic E-state index is 0.105. The van der Waals surface area contributed by atoms with Gasteiger partial charge in [-0.15, -0.1) is 0 Å². The van der Waals surface area contributed by atoms with E-state index in [0.29, 0.717) is 28.9 Å². The molecule has 4 nitrogen and oxygen atoms in total. The van der Waals surface area contributed by atoms with E-state index in [2.05, 4.69) is 5.32 Å². The Morgan fingerprint density at radius 3 is 2.35 bits per heavy atom. The van der Waals surface area contributed by atoms with Gasteiger partial charge in [0.15, 0.2) is 0 Å². The van der Waals surface area contributed by atoms with E-state index in [-0.39, 0.29) is 24.8 Å². The Labute approximate surface area is 195 Å². The van der Waals surface area contributed by atoms with Crippen molar-refractivity contribution in [3.8, 4) is 0 Å². The molecule has 0 heterocycles. The Morgan fingerprint density at radius 2 is 1.74 bits per heavy atom. The molecule has 0 aliphatic rings. The third kappa shape index (κ3) is 7.26. The molecule has 1 atom stereocenters.